The van der Waals surface area contributed by atoms with Crippen molar-refractivity contribution in [3.05, 3.63) is 35.6 Å². The number of amides is 1. The minimum absolute atomic E-state index is 0.0349. The molecule has 0 radical (unpaired) electrons. The number of rotatable bonds is 3. The molecule has 0 saturated heterocycles. The Morgan fingerprint density at radius 1 is 1.44 bits per heavy atom. The molecule has 4 heteroatoms. The molecule has 1 amide bonds. The van der Waals surface area contributed by atoms with Crippen LogP contribution in [0.25, 0.3) is 0 Å². The Morgan fingerprint density at radius 3 is 2.56 bits per heavy atom. The summed E-state index contributed by atoms with van der Waals surface area (Å²) in [6.07, 6.45) is 1.76. The quantitative estimate of drug-likeness (QED) is 0.823. The third-order valence-electron chi connectivity index (χ3n) is 3.11. The Labute approximate surface area is 106 Å². The minimum Gasteiger partial charge on any atom is -0.317 e. The van der Waals surface area contributed by atoms with Gasteiger partial charge in [0, 0.05) is 6.04 Å². The topological polar surface area (TPSA) is 44.1 Å². The highest BCUT2D eigenvalue weighted by molar-refractivity contribution is 5.95. The van der Waals surface area contributed by atoms with Crippen LogP contribution >= 0.6 is 0 Å². The van der Waals surface area contributed by atoms with E-state index in [1.807, 2.05) is 0 Å². The summed E-state index contributed by atoms with van der Waals surface area (Å²) in [4.78, 5) is 13.9. The van der Waals surface area contributed by atoms with Gasteiger partial charge < -0.3 is 4.90 Å². The maximum Gasteiger partial charge on any atom is 0.258 e. The number of hydrogen-bond donors (Lipinski definition) is 0. The molecule has 1 aliphatic rings. The van der Waals surface area contributed by atoms with Gasteiger partial charge in [-0.3, -0.25) is 4.79 Å². The van der Waals surface area contributed by atoms with Crippen LogP contribution in [-0.2, 0) is 0 Å². The van der Waals surface area contributed by atoms with Crippen molar-refractivity contribution in [1.29, 1.82) is 5.26 Å². The van der Waals surface area contributed by atoms with E-state index in [1.165, 1.54) is 17.0 Å². The van der Waals surface area contributed by atoms with Crippen molar-refractivity contribution in [2.24, 2.45) is 0 Å². The van der Waals surface area contributed by atoms with Gasteiger partial charge in [0.15, 0.2) is 0 Å². The van der Waals surface area contributed by atoms with E-state index >= 15 is 0 Å². The highest BCUT2D eigenvalue weighted by Gasteiger charge is 2.42. The van der Waals surface area contributed by atoms with Crippen LogP contribution in [0.2, 0.25) is 0 Å². The van der Waals surface area contributed by atoms with Crippen LogP contribution in [0.5, 0.6) is 0 Å². The van der Waals surface area contributed by atoms with Crippen molar-refractivity contribution >= 4 is 5.91 Å². The smallest absolute Gasteiger partial charge is 0.258 e. The second kappa shape index (κ2) is 4.41. The predicted octanol–water partition coefficient (Wildman–Crippen LogP) is 2.73. The fourth-order valence-electron chi connectivity index (χ4n) is 2.03. The molecule has 0 aromatic heterocycles. The number of nitriles is 1. The number of halogens is 1. The van der Waals surface area contributed by atoms with Crippen molar-refractivity contribution in [3.8, 4) is 6.07 Å². The zero-order valence-corrected chi connectivity index (χ0v) is 10.5. The van der Waals surface area contributed by atoms with E-state index in [9.17, 15) is 9.18 Å². The zero-order chi connectivity index (χ0) is 13.3. The van der Waals surface area contributed by atoms with Gasteiger partial charge in [0.05, 0.1) is 11.6 Å². The van der Waals surface area contributed by atoms with Gasteiger partial charge in [-0.1, -0.05) is 12.1 Å². The lowest BCUT2D eigenvalue weighted by Gasteiger charge is -2.33. The van der Waals surface area contributed by atoms with Gasteiger partial charge >= 0.3 is 0 Å². The van der Waals surface area contributed by atoms with E-state index in [2.05, 4.69) is 6.07 Å². The molecular weight excluding hydrogens is 231 g/mol. The maximum atomic E-state index is 13.6. The average Bonchev–Trinajstić information content (AvgIpc) is 3.14. The second-order valence-corrected chi connectivity index (χ2v) is 5.06. The molecule has 0 heterocycles. The third kappa shape index (κ3) is 2.21. The number of carbonyl (C=O) groups is 1. The van der Waals surface area contributed by atoms with Crippen LogP contribution in [-0.4, -0.2) is 22.4 Å². The van der Waals surface area contributed by atoms with Gasteiger partial charge in [-0.15, -0.1) is 0 Å². The normalized spacial score (nSPS) is 15.0. The number of hydrogen-bond acceptors (Lipinski definition) is 2. The zero-order valence-electron chi connectivity index (χ0n) is 10.5. The minimum atomic E-state index is -0.916. The Morgan fingerprint density at radius 2 is 2.06 bits per heavy atom. The lowest BCUT2D eigenvalue weighted by Crippen LogP contribution is -2.48. The van der Waals surface area contributed by atoms with Crippen molar-refractivity contribution < 1.29 is 9.18 Å². The second-order valence-electron chi connectivity index (χ2n) is 5.06. The number of benzene rings is 1. The van der Waals surface area contributed by atoms with Crippen molar-refractivity contribution in [3.63, 3.8) is 0 Å². The molecular formula is C14H15FN2O. The molecule has 1 fully saturated rings. The highest BCUT2D eigenvalue weighted by Crippen LogP contribution is 2.34. The first kappa shape index (κ1) is 12.6. The Hall–Kier alpha value is -1.89. The maximum absolute atomic E-state index is 13.6. The third-order valence-corrected chi connectivity index (χ3v) is 3.11. The van der Waals surface area contributed by atoms with Gasteiger partial charge in [0.2, 0.25) is 0 Å². The Kier molecular flexibility index (Phi) is 3.08. The molecule has 0 bridgehead atoms. The van der Waals surface area contributed by atoms with Gasteiger partial charge in [-0.2, -0.15) is 5.26 Å². The monoisotopic (exact) mass is 246 g/mol. The van der Waals surface area contributed by atoms with Gasteiger partial charge in [0.25, 0.3) is 5.91 Å². The molecule has 3 nitrogen and oxygen atoms in total. The van der Waals surface area contributed by atoms with E-state index in [0.29, 0.717) is 0 Å². The molecule has 1 aliphatic carbocycles. The summed E-state index contributed by atoms with van der Waals surface area (Å²) >= 11 is 0. The molecule has 2 rings (SSSR count). The summed E-state index contributed by atoms with van der Waals surface area (Å²) < 4.78 is 13.6. The van der Waals surface area contributed by atoms with E-state index in [4.69, 9.17) is 5.26 Å². The molecule has 1 saturated carbocycles. The summed E-state index contributed by atoms with van der Waals surface area (Å²) in [6.45, 7) is 3.37. The lowest BCUT2D eigenvalue weighted by molar-refractivity contribution is 0.0610. The fraction of sp³-hybridized carbons (Fsp3) is 0.429. The molecule has 18 heavy (non-hydrogen) atoms. The van der Waals surface area contributed by atoms with Gasteiger partial charge in [-0.05, 0) is 38.8 Å². The molecule has 1 aromatic carbocycles. The Balaban J connectivity index is 2.37. The number of carbonyl (C=O) groups excluding carboxylic acids is 1. The number of nitrogens with zero attached hydrogens (tertiary/aromatic N) is 2. The average molecular weight is 246 g/mol. The molecule has 0 N–H and O–H groups in total. The van der Waals surface area contributed by atoms with Gasteiger partial charge in [0.1, 0.15) is 11.4 Å². The van der Waals surface area contributed by atoms with Crippen LogP contribution in [0.15, 0.2) is 24.3 Å². The summed E-state index contributed by atoms with van der Waals surface area (Å²) in [5.41, 5.74) is -0.881. The standard InChI is InChI=1S/C14H15FN2O/c1-14(2,9-16)17(10-7-8-10)13(18)11-5-3-4-6-12(11)15/h3-6,10H,7-8H2,1-2H3. The molecule has 0 aliphatic heterocycles. The van der Waals surface area contributed by atoms with Crippen LogP contribution in [0.1, 0.15) is 37.0 Å². The van der Waals surface area contributed by atoms with Crippen molar-refractivity contribution in [2.45, 2.75) is 38.3 Å². The van der Waals surface area contributed by atoms with E-state index in [0.717, 1.165) is 12.8 Å². The summed E-state index contributed by atoms with van der Waals surface area (Å²) in [7, 11) is 0. The largest absolute Gasteiger partial charge is 0.317 e. The van der Waals surface area contributed by atoms with E-state index < -0.39 is 17.3 Å². The van der Waals surface area contributed by atoms with Crippen LogP contribution in [0, 0.1) is 17.1 Å². The summed E-state index contributed by atoms with van der Waals surface area (Å²) in [5, 5.41) is 9.17. The van der Waals surface area contributed by atoms with Crippen molar-refractivity contribution in [2.75, 3.05) is 0 Å². The molecule has 94 valence electrons. The van der Waals surface area contributed by atoms with Crippen LogP contribution in [0.3, 0.4) is 0 Å². The predicted molar refractivity (Wildman–Crippen MR) is 65.3 cm³/mol. The fourth-order valence-corrected chi connectivity index (χ4v) is 2.03. The van der Waals surface area contributed by atoms with Crippen molar-refractivity contribution in [1.82, 2.24) is 4.90 Å². The molecule has 0 atom stereocenters. The van der Waals surface area contributed by atoms with Gasteiger partial charge in [-0.25, -0.2) is 4.39 Å². The summed E-state index contributed by atoms with van der Waals surface area (Å²) in [6, 6.07) is 8.07. The SMILES string of the molecule is CC(C)(C#N)N(C(=O)c1ccccc1F)C1CC1. The first-order valence-electron chi connectivity index (χ1n) is 5.97. The summed E-state index contributed by atoms with van der Waals surface area (Å²) in [5.74, 6) is -0.941. The molecule has 0 spiro atoms. The highest BCUT2D eigenvalue weighted by atomic mass is 19.1. The lowest BCUT2D eigenvalue weighted by atomic mass is 10.0. The molecule has 0 unspecified atom stereocenters. The van der Waals surface area contributed by atoms with E-state index in [1.54, 1.807) is 26.0 Å². The first-order valence-corrected chi connectivity index (χ1v) is 5.97. The molecule has 1 aromatic rings. The van der Waals surface area contributed by atoms with Crippen LogP contribution < -0.4 is 0 Å². The van der Waals surface area contributed by atoms with E-state index in [-0.39, 0.29) is 11.6 Å². The van der Waals surface area contributed by atoms with Crippen LogP contribution in [0.4, 0.5) is 4.39 Å². The Bertz CT molecular complexity index is 515. The first-order chi connectivity index (χ1) is 8.47.